The number of amides is 1. The molecule has 4 rings (SSSR count). The summed E-state index contributed by atoms with van der Waals surface area (Å²) in [5.41, 5.74) is 1.45. The Hall–Kier alpha value is -1.14. The quantitative estimate of drug-likeness (QED) is 0.561. The van der Waals surface area contributed by atoms with E-state index in [1.54, 1.807) is 11.8 Å². The fourth-order valence-electron chi connectivity index (χ4n) is 4.45. The summed E-state index contributed by atoms with van der Waals surface area (Å²) in [4.78, 5) is 27.0. The number of aromatic nitrogens is 2. The molecule has 1 amide bonds. The predicted molar refractivity (Wildman–Crippen MR) is 109 cm³/mol. The molecule has 0 spiro atoms. The van der Waals surface area contributed by atoms with Gasteiger partial charge in [0.1, 0.15) is 15.7 Å². The van der Waals surface area contributed by atoms with Crippen molar-refractivity contribution in [3.05, 3.63) is 16.3 Å². The molecule has 1 saturated heterocycles. The van der Waals surface area contributed by atoms with Crippen molar-refractivity contribution in [2.75, 3.05) is 5.75 Å². The molecule has 0 saturated carbocycles. The second kappa shape index (κ2) is 7.47. The number of thioether (sulfide) groups is 1. The Morgan fingerprint density at radius 1 is 1.15 bits per heavy atom. The summed E-state index contributed by atoms with van der Waals surface area (Å²) in [6, 6.07) is 0.709. The van der Waals surface area contributed by atoms with E-state index in [1.807, 2.05) is 18.3 Å². The maximum Gasteiger partial charge on any atom is 0.233 e. The molecule has 4 nitrogen and oxygen atoms in total. The highest BCUT2D eigenvalue weighted by Crippen LogP contribution is 2.39. The van der Waals surface area contributed by atoms with Crippen molar-refractivity contribution in [2.24, 2.45) is 0 Å². The molecular weight excluding hydrogens is 362 g/mol. The summed E-state index contributed by atoms with van der Waals surface area (Å²) in [5, 5.41) is 2.24. The van der Waals surface area contributed by atoms with Crippen molar-refractivity contribution in [1.29, 1.82) is 0 Å². The first-order chi connectivity index (χ1) is 12.5. The van der Waals surface area contributed by atoms with Gasteiger partial charge >= 0.3 is 0 Å². The van der Waals surface area contributed by atoms with E-state index in [0.717, 1.165) is 34.9 Å². The minimum Gasteiger partial charge on any atom is -0.337 e. The zero-order chi connectivity index (χ0) is 18.3. The highest BCUT2D eigenvalue weighted by Gasteiger charge is 2.29. The molecule has 140 valence electrons. The largest absolute Gasteiger partial charge is 0.337 e. The number of carbonyl (C=O) groups is 1. The standard InChI is InChI=1S/C20H27N3OS2/c1-12-7-6-8-13(2)23(12)17(24)11-25-19-18-15-9-4-5-10-16(15)26-20(18)22-14(3)21-19/h12-13H,4-11H2,1-3H3/t12-,13-/m1/s1. The highest BCUT2D eigenvalue weighted by atomic mass is 32.2. The molecule has 1 aliphatic carbocycles. The minimum atomic E-state index is 0.253. The Bertz CT molecular complexity index is 822. The molecule has 3 heterocycles. The summed E-state index contributed by atoms with van der Waals surface area (Å²) in [7, 11) is 0. The summed E-state index contributed by atoms with van der Waals surface area (Å²) < 4.78 is 0. The van der Waals surface area contributed by atoms with Crippen LogP contribution >= 0.6 is 23.1 Å². The molecule has 0 N–H and O–H groups in total. The van der Waals surface area contributed by atoms with Crippen LogP contribution in [0.5, 0.6) is 0 Å². The molecule has 2 aromatic rings. The molecule has 1 aliphatic heterocycles. The Morgan fingerprint density at radius 2 is 1.88 bits per heavy atom. The van der Waals surface area contributed by atoms with Crippen LogP contribution in [0.15, 0.2) is 5.03 Å². The third kappa shape index (κ3) is 3.38. The first-order valence-corrected chi connectivity index (χ1v) is 11.6. The van der Waals surface area contributed by atoms with Crippen LogP contribution in [0.25, 0.3) is 10.2 Å². The first-order valence-electron chi connectivity index (χ1n) is 9.77. The van der Waals surface area contributed by atoms with Crippen LogP contribution in [0.4, 0.5) is 0 Å². The van der Waals surface area contributed by atoms with Crippen molar-refractivity contribution < 1.29 is 4.79 Å². The zero-order valence-corrected chi connectivity index (χ0v) is 17.5. The summed E-state index contributed by atoms with van der Waals surface area (Å²) in [6.07, 6.45) is 8.29. The Morgan fingerprint density at radius 3 is 2.65 bits per heavy atom. The van der Waals surface area contributed by atoms with Crippen molar-refractivity contribution in [1.82, 2.24) is 14.9 Å². The molecule has 0 bridgehead atoms. The van der Waals surface area contributed by atoms with E-state index >= 15 is 0 Å². The van der Waals surface area contributed by atoms with Crippen LogP contribution in [-0.4, -0.2) is 38.6 Å². The first kappa shape index (κ1) is 18.2. The number of rotatable bonds is 3. The monoisotopic (exact) mass is 389 g/mol. The van der Waals surface area contributed by atoms with Gasteiger partial charge in [0.25, 0.3) is 0 Å². The van der Waals surface area contributed by atoms with Gasteiger partial charge in [-0.05, 0) is 71.3 Å². The van der Waals surface area contributed by atoms with E-state index < -0.39 is 0 Å². The van der Waals surface area contributed by atoms with E-state index in [-0.39, 0.29) is 5.91 Å². The molecule has 1 fully saturated rings. The second-order valence-corrected chi connectivity index (χ2v) is 9.73. The maximum atomic E-state index is 12.9. The third-order valence-corrected chi connectivity index (χ3v) is 7.85. The minimum absolute atomic E-state index is 0.253. The number of fused-ring (bicyclic) bond motifs is 3. The average Bonchev–Trinajstić information content (AvgIpc) is 2.97. The lowest BCUT2D eigenvalue weighted by atomic mass is 9.97. The van der Waals surface area contributed by atoms with Gasteiger partial charge in [-0.25, -0.2) is 9.97 Å². The summed E-state index contributed by atoms with van der Waals surface area (Å²) in [6.45, 7) is 6.32. The zero-order valence-electron chi connectivity index (χ0n) is 15.9. The smallest absolute Gasteiger partial charge is 0.233 e. The van der Waals surface area contributed by atoms with Crippen LogP contribution in [0, 0.1) is 6.92 Å². The lowest BCUT2D eigenvalue weighted by molar-refractivity contribution is -0.134. The van der Waals surface area contributed by atoms with Gasteiger partial charge in [0.2, 0.25) is 5.91 Å². The average molecular weight is 390 g/mol. The molecule has 26 heavy (non-hydrogen) atoms. The number of hydrogen-bond acceptors (Lipinski definition) is 5. The van der Waals surface area contributed by atoms with Crippen molar-refractivity contribution in [3.8, 4) is 0 Å². The Labute approximate surface area is 163 Å². The van der Waals surface area contributed by atoms with Crippen LogP contribution in [0.1, 0.15) is 62.2 Å². The molecule has 2 atom stereocenters. The molecule has 2 aliphatic rings. The van der Waals surface area contributed by atoms with Crippen molar-refractivity contribution >= 4 is 39.2 Å². The van der Waals surface area contributed by atoms with E-state index in [9.17, 15) is 4.79 Å². The Balaban J connectivity index is 1.59. The van der Waals surface area contributed by atoms with Gasteiger partial charge in [-0.15, -0.1) is 11.3 Å². The van der Waals surface area contributed by atoms with Crippen LogP contribution < -0.4 is 0 Å². The Kier molecular flexibility index (Phi) is 5.24. The number of aryl methyl sites for hydroxylation is 3. The van der Waals surface area contributed by atoms with Gasteiger partial charge in [-0.2, -0.15) is 0 Å². The van der Waals surface area contributed by atoms with Gasteiger partial charge in [0.15, 0.2) is 0 Å². The number of carbonyl (C=O) groups excluding carboxylic acids is 1. The molecule has 0 aromatic carbocycles. The van der Waals surface area contributed by atoms with Crippen LogP contribution in [0.3, 0.4) is 0 Å². The van der Waals surface area contributed by atoms with Crippen LogP contribution in [-0.2, 0) is 17.6 Å². The molecule has 6 heteroatoms. The fraction of sp³-hybridized carbons (Fsp3) is 0.650. The second-order valence-electron chi connectivity index (χ2n) is 7.69. The van der Waals surface area contributed by atoms with Gasteiger partial charge < -0.3 is 4.90 Å². The number of likely N-dealkylation sites (tertiary alicyclic amines) is 1. The summed E-state index contributed by atoms with van der Waals surface area (Å²) >= 11 is 3.44. The van der Waals surface area contributed by atoms with E-state index in [2.05, 4.69) is 23.7 Å². The number of nitrogens with zero attached hydrogens (tertiary/aromatic N) is 3. The van der Waals surface area contributed by atoms with Crippen molar-refractivity contribution in [2.45, 2.75) is 82.8 Å². The number of piperidine rings is 1. The number of thiophene rings is 1. The highest BCUT2D eigenvalue weighted by molar-refractivity contribution is 8.00. The van der Waals surface area contributed by atoms with E-state index in [1.165, 1.54) is 41.5 Å². The maximum absolute atomic E-state index is 12.9. The van der Waals surface area contributed by atoms with Gasteiger partial charge in [0, 0.05) is 22.3 Å². The predicted octanol–water partition coefficient (Wildman–Crippen LogP) is 4.76. The van der Waals surface area contributed by atoms with Gasteiger partial charge in [-0.3, -0.25) is 4.79 Å². The normalized spacial score (nSPS) is 23.3. The number of hydrogen-bond donors (Lipinski definition) is 0. The molecule has 2 aromatic heterocycles. The molecular formula is C20H27N3OS2. The SMILES string of the molecule is Cc1nc(SCC(=O)N2[C@H](C)CCC[C@H]2C)c2c3c(sc2n1)CCCC3. The lowest BCUT2D eigenvalue weighted by Crippen LogP contribution is -2.48. The topological polar surface area (TPSA) is 46.1 Å². The van der Waals surface area contributed by atoms with E-state index in [0.29, 0.717) is 17.8 Å². The van der Waals surface area contributed by atoms with Crippen molar-refractivity contribution in [3.63, 3.8) is 0 Å². The third-order valence-electron chi connectivity index (χ3n) is 5.71. The summed E-state index contributed by atoms with van der Waals surface area (Å²) in [5.74, 6) is 1.54. The van der Waals surface area contributed by atoms with Gasteiger partial charge in [-0.1, -0.05) is 11.8 Å². The van der Waals surface area contributed by atoms with Gasteiger partial charge in [0.05, 0.1) is 5.75 Å². The van der Waals surface area contributed by atoms with E-state index in [4.69, 9.17) is 4.98 Å². The van der Waals surface area contributed by atoms with Crippen LogP contribution in [0.2, 0.25) is 0 Å². The molecule has 0 radical (unpaired) electrons. The lowest BCUT2D eigenvalue weighted by Gasteiger charge is -2.39. The fourth-order valence-corrected chi connectivity index (χ4v) is 6.79. The molecule has 0 unspecified atom stereocenters.